The quantitative estimate of drug-likeness (QED) is 0.605. The molecule has 0 aliphatic heterocycles. The molecule has 0 aromatic heterocycles. The average Bonchev–Trinajstić information content (AvgIpc) is 2.04. The van der Waals surface area contributed by atoms with Crippen LogP contribution < -0.4 is 0 Å². The number of rotatable bonds is 2. The van der Waals surface area contributed by atoms with Gasteiger partial charge in [0.05, 0.1) is 0 Å². The molecule has 0 spiro atoms. The fourth-order valence-corrected chi connectivity index (χ4v) is 0. The van der Waals surface area contributed by atoms with Crippen molar-refractivity contribution >= 4 is 29.5 Å². The van der Waals surface area contributed by atoms with E-state index in [0.29, 0.717) is 0 Å². The molecule has 0 rings (SSSR count). The summed E-state index contributed by atoms with van der Waals surface area (Å²) in [6.07, 6.45) is 0.222. The van der Waals surface area contributed by atoms with Crippen LogP contribution >= 0.6 is 11.6 Å². The molecule has 0 saturated carbocycles. The normalized spacial score (nSPS) is 7.07. The SMILES string of the molecule is CC(=O)O.CCC(=O)O.O=C(O)CCl. The van der Waals surface area contributed by atoms with Crippen LogP contribution in [0.25, 0.3) is 0 Å². The summed E-state index contributed by atoms with van der Waals surface area (Å²) in [5.74, 6) is -2.86. The first-order valence-electron chi connectivity index (χ1n) is 3.46. The minimum absolute atomic E-state index is 0.222. The fraction of sp³-hybridized carbons (Fsp3) is 0.571. The summed E-state index contributed by atoms with van der Waals surface area (Å²) >= 11 is 4.74. The maximum atomic E-state index is 9.37. The molecular weight excluding hydrogens is 216 g/mol. The van der Waals surface area contributed by atoms with Crippen LogP contribution in [-0.4, -0.2) is 39.1 Å². The van der Waals surface area contributed by atoms with Crippen molar-refractivity contribution < 1.29 is 29.7 Å². The number of carbonyl (C=O) groups is 3. The van der Waals surface area contributed by atoms with E-state index in [0.717, 1.165) is 6.92 Å². The zero-order valence-electron chi connectivity index (χ0n) is 7.86. The summed E-state index contributed by atoms with van der Waals surface area (Å²) < 4.78 is 0. The number of aliphatic carboxylic acids is 3. The van der Waals surface area contributed by atoms with E-state index in [-0.39, 0.29) is 12.3 Å². The van der Waals surface area contributed by atoms with Crippen molar-refractivity contribution in [1.82, 2.24) is 0 Å². The van der Waals surface area contributed by atoms with Crippen LogP contribution in [0.15, 0.2) is 0 Å². The highest BCUT2D eigenvalue weighted by Crippen LogP contribution is 1.68. The van der Waals surface area contributed by atoms with Gasteiger partial charge in [-0.15, -0.1) is 11.6 Å². The van der Waals surface area contributed by atoms with Gasteiger partial charge in [-0.25, -0.2) is 0 Å². The lowest BCUT2D eigenvalue weighted by Gasteiger charge is -1.71. The molecule has 0 aromatic rings. The lowest BCUT2D eigenvalue weighted by molar-refractivity contribution is -0.137. The van der Waals surface area contributed by atoms with Gasteiger partial charge in [-0.3, -0.25) is 14.4 Å². The minimum atomic E-state index is -0.980. The summed E-state index contributed by atoms with van der Waals surface area (Å²) in [6, 6.07) is 0. The van der Waals surface area contributed by atoms with E-state index in [9.17, 15) is 9.59 Å². The van der Waals surface area contributed by atoms with Gasteiger partial charge in [0.25, 0.3) is 5.97 Å². The molecule has 0 radical (unpaired) electrons. The summed E-state index contributed by atoms with van der Waals surface area (Å²) in [5.41, 5.74) is 0. The Bertz CT molecular complexity index is 161. The van der Waals surface area contributed by atoms with E-state index < -0.39 is 17.9 Å². The summed E-state index contributed by atoms with van der Waals surface area (Å²) in [6.45, 7) is 2.68. The fourth-order valence-electron chi connectivity index (χ4n) is 0. The summed E-state index contributed by atoms with van der Waals surface area (Å²) in [5, 5.41) is 22.7. The Hall–Kier alpha value is -1.30. The molecule has 84 valence electrons. The van der Waals surface area contributed by atoms with Crippen LogP contribution in [0.1, 0.15) is 20.3 Å². The maximum Gasteiger partial charge on any atom is 0.318 e. The second-order valence-corrected chi connectivity index (χ2v) is 2.06. The van der Waals surface area contributed by atoms with Crippen LogP contribution in [0.4, 0.5) is 0 Å². The second kappa shape index (κ2) is 14.2. The molecule has 0 unspecified atom stereocenters. The lowest BCUT2D eigenvalue weighted by Crippen LogP contribution is -1.92. The molecule has 6 nitrogen and oxygen atoms in total. The third-order valence-corrected chi connectivity index (χ3v) is 0.645. The average molecular weight is 229 g/mol. The first-order valence-corrected chi connectivity index (χ1v) is 4.00. The van der Waals surface area contributed by atoms with E-state index >= 15 is 0 Å². The Morgan fingerprint density at radius 1 is 1.07 bits per heavy atom. The van der Waals surface area contributed by atoms with Gasteiger partial charge in [0.15, 0.2) is 0 Å². The third kappa shape index (κ3) is 138. The van der Waals surface area contributed by atoms with Gasteiger partial charge in [0.2, 0.25) is 0 Å². The Labute approximate surface area is 86.1 Å². The maximum absolute atomic E-state index is 9.37. The third-order valence-electron chi connectivity index (χ3n) is 0.417. The highest BCUT2D eigenvalue weighted by molar-refractivity contribution is 6.26. The first kappa shape index (κ1) is 18.5. The van der Waals surface area contributed by atoms with E-state index in [4.69, 9.17) is 31.7 Å². The summed E-state index contributed by atoms with van der Waals surface area (Å²) in [7, 11) is 0. The molecule has 0 aliphatic carbocycles. The van der Waals surface area contributed by atoms with Crippen molar-refractivity contribution in [2.75, 3.05) is 5.88 Å². The largest absolute Gasteiger partial charge is 0.481 e. The Balaban J connectivity index is -0.000000131. The van der Waals surface area contributed by atoms with Crippen molar-refractivity contribution in [3.05, 3.63) is 0 Å². The van der Waals surface area contributed by atoms with Crippen molar-refractivity contribution in [2.24, 2.45) is 0 Å². The lowest BCUT2D eigenvalue weighted by atomic mass is 10.5. The van der Waals surface area contributed by atoms with Crippen molar-refractivity contribution in [2.45, 2.75) is 20.3 Å². The molecule has 0 saturated heterocycles. The number of hydrogen-bond acceptors (Lipinski definition) is 3. The van der Waals surface area contributed by atoms with Gasteiger partial charge in [-0.05, 0) is 0 Å². The van der Waals surface area contributed by atoms with Gasteiger partial charge < -0.3 is 15.3 Å². The highest BCUT2D eigenvalue weighted by atomic mass is 35.5. The Kier molecular flexibility index (Phi) is 18.8. The Morgan fingerprint density at radius 2 is 1.21 bits per heavy atom. The molecule has 0 aliphatic rings. The molecule has 0 heterocycles. The van der Waals surface area contributed by atoms with Gasteiger partial charge >= 0.3 is 11.9 Å². The number of carboxylic acids is 3. The topological polar surface area (TPSA) is 112 Å². The number of halogens is 1. The zero-order valence-corrected chi connectivity index (χ0v) is 8.61. The van der Waals surface area contributed by atoms with Gasteiger partial charge in [-0.1, -0.05) is 6.92 Å². The first-order chi connectivity index (χ1) is 6.27. The summed E-state index contributed by atoms with van der Waals surface area (Å²) in [4.78, 5) is 27.6. The molecule has 14 heavy (non-hydrogen) atoms. The van der Waals surface area contributed by atoms with Gasteiger partial charge in [-0.2, -0.15) is 0 Å². The minimum Gasteiger partial charge on any atom is -0.481 e. The van der Waals surface area contributed by atoms with Gasteiger partial charge in [0, 0.05) is 13.3 Å². The van der Waals surface area contributed by atoms with Crippen LogP contribution in [0.5, 0.6) is 0 Å². The zero-order chi connectivity index (χ0) is 12.1. The number of alkyl halides is 1. The predicted octanol–water partition coefficient (Wildman–Crippen LogP) is 0.882. The molecule has 7 heteroatoms. The predicted molar refractivity (Wildman–Crippen MR) is 49.6 cm³/mol. The van der Waals surface area contributed by atoms with E-state index in [1.54, 1.807) is 6.92 Å². The Morgan fingerprint density at radius 3 is 1.21 bits per heavy atom. The van der Waals surface area contributed by atoms with Gasteiger partial charge in [0.1, 0.15) is 5.88 Å². The molecule has 3 N–H and O–H groups in total. The van der Waals surface area contributed by atoms with Crippen LogP contribution in [0.3, 0.4) is 0 Å². The van der Waals surface area contributed by atoms with E-state index in [1.807, 2.05) is 0 Å². The van der Waals surface area contributed by atoms with E-state index in [2.05, 4.69) is 0 Å². The van der Waals surface area contributed by atoms with Crippen molar-refractivity contribution in [3.63, 3.8) is 0 Å². The molecular formula is C7H13ClO6. The monoisotopic (exact) mass is 228 g/mol. The second-order valence-electron chi connectivity index (χ2n) is 1.79. The number of carboxylic acid groups (broad SMARTS) is 3. The highest BCUT2D eigenvalue weighted by Gasteiger charge is 1.83. The van der Waals surface area contributed by atoms with Crippen LogP contribution in [0.2, 0.25) is 0 Å². The number of hydrogen-bond donors (Lipinski definition) is 3. The van der Waals surface area contributed by atoms with Crippen LogP contribution in [0, 0.1) is 0 Å². The molecule has 0 atom stereocenters. The smallest absolute Gasteiger partial charge is 0.318 e. The van der Waals surface area contributed by atoms with E-state index in [1.165, 1.54) is 0 Å². The molecule has 0 aromatic carbocycles. The standard InChI is InChI=1S/C3H6O2.C2H3ClO2.C2H4O2/c1-2-3(4)5;3-1-2(4)5;1-2(3)4/h2H2,1H3,(H,4,5);1H2,(H,4,5);1H3,(H,3,4). The van der Waals surface area contributed by atoms with Crippen molar-refractivity contribution in [1.29, 1.82) is 0 Å². The van der Waals surface area contributed by atoms with Crippen molar-refractivity contribution in [3.8, 4) is 0 Å². The molecule has 0 bridgehead atoms. The van der Waals surface area contributed by atoms with Crippen LogP contribution in [-0.2, 0) is 14.4 Å². The molecule has 0 fully saturated rings. The molecule has 0 amide bonds.